The van der Waals surface area contributed by atoms with Crippen LogP contribution in [0.5, 0.6) is 11.5 Å². The third kappa shape index (κ3) is 8.53. The number of hydrogen-bond donors (Lipinski definition) is 2. The molecule has 0 spiro atoms. The second kappa shape index (κ2) is 16.4. The first-order valence-corrected chi connectivity index (χ1v) is 18.4. The van der Waals surface area contributed by atoms with Crippen LogP contribution in [0.25, 0.3) is 0 Å². The number of aliphatic carboxylic acids is 2. The minimum absolute atomic E-state index is 0.151. The predicted molar refractivity (Wildman–Crippen MR) is 180 cm³/mol. The van der Waals surface area contributed by atoms with Gasteiger partial charge in [0, 0.05) is 13.1 Å². The van der Waals surface area contributed by atoms with Crippen molar-refractivity contribution in [1.29, 1.82) is 0 Å². The fraction of sp³-hybridized carbons (Fsp3) is 0.412. The highest BCUT2D eigenvalue weighted by molar-refractivity contribution is 7.89. The van der Waals surface area contributed by atoms with Crippen LogP contribution in [0.4, 0.5) is 0 Å². The summed E-state index contributed by atoms with van der Waals surface area (Å²) in [6, 6.07) is 14.6. The average Bonchev–Trinajstić information content (AvgIpc) is 3.07. The van der Waals surface area contributed by atoms with Gasteiger partial charge >= 0.3 is 11.9 Å². The first-order valence-electron chi connectivity index (χ1n) is 15.5. The lowest BCUT2D eigenvalue weighted by Crippen LogP contribution is -2.49. The van der Waals surface area contributed by atoms with Crippen LogP contribution in [-0.2, 0) is 42.7 Å². The zero-order valence-electron chi connectivity index (χ0n) is 27.9. The number of carboxylic acid groups (broad SMARTS) is 2. The molecule has 262 valence electrons. The number of methoxy groups -OCH3 is 2. The van der Waals surface area contributed by atoms with Crippen LogP contribution in [-0.4, -0.2) is 73.9 Å². The summed E-state index contributed by atoms with van der Waals surface area (Å²) in [5.74, 6) is -3.06. The van der Waals surface area contributed by atoms with Crippen molar-refractivity contribution in [2.24, 2.45) is 11.8 Å². The minimum Gasteiger partial charge on any atom is -0.497 e. The molecule has 14 heteroatoms. The number of carboxylic acids is 2. The van der Waals surface area contributed by atoms with Crippen molar-refractivity contribution in [3.05, 3.63) is 83.9 Å². The fourth-order valence-electron chi connectivity index (χ4n) is 5.38. The molecule has 0 aliphatic carbocycles. The molecule has 0 bridgehead atoms. The molecular formula is C34H44N2O10S2. The smallest absolute Gasteiger partial charge is 0.322 e. The molecule has 3 rings (SSSR count). The van der Waals surface area contributed by atoms with E-state index in [0.717, 1.165) is 8.61 Å². The van der Waals surface area contributed by atoms with Gasteiger partial charge in [0.2, 0.25) is 20.0 Å². The first-order chi connectivity index (χ1) is 22.6. The van der Waals surface area contributed by atoms with Gasteiger partial charge in [-0.3, -0.25) is 9.59 Å². The Balaban J connectivity index is 2.21. The number of hydrogen-bond acceptors (Lipinski definition) is 8. The summed E-state index contributed by atoms with van der Waals surface area (Å²) in [5, 5.41) is 20.7. The normalized spacial score (nSPS) is 14.7. The number of sulfonamides is 2. The van der Waals surface area contributed by atoms with Crippen LogP contribution >= 0.6 is 0 Å². The summed E-state index contributed by atoms with van der Waals surface area (Å²) >= 11 is 0. The monoisotopic (exact) mass is 704 g/mol. The van der Waals surface area contributed by atoms with Crippen molar-refractivity contribution >= 4 is 32.0 Å². The van der Waals surface area contributed by atoms with Gasteiger partial charge in [0.1, 0.15) is 23.6 Å². The van der Waals surface area contributed by atoms with Gasteiger partial charge in [-0.15, -0.1) is 0 Å². The maximum Gasteiger partial charge on any atom is 0.322 e. The molecule has 4 atom stereocenters. The second-order valence-corrected chi connectivity index (χ2v) is 15.3. The van der Waals surface area contributed by atoms with E-state index in [9.17, 15) is 36.6 Å². The molecule has 0 aliphatic heterocycles. The summed E-state index contributed by atoms with van der Waals surface area (Å²) in [6.45, 7) is 5.96. The molecule has 0 radical (unpaired) electrons. The third-order valence-electron chi connectivity index (χ3n) is 8.60. The highest BCUT2D eigenvalue weighted by Crippen LogP contribution is 2.31. The highest BCUT2D eigenvalue weighted by atomic mass is 32.2. The van der Waals surface area contributed by atoms with Crippen LogP contribution in [0.3, 0.4) is 0 Å². The predicted octanol–water partition coefficient (Wildman–Crippen LogP) is 5.08. The number of rotatable bonds is 18. The molecule has 0 aromatic heterocycles. The largest absolute Gasteiger partial charge is 0.497 e. The molecule has 3 aromatic rings. The minimum atomic E-state index is -4.43. The summed E-state index contributed by atoms with van der Waals surface area (Å²) in [7, 11) is -6.00. The molecule has 12 nitrogen and oxygen atoms in total. The first kappa shape index (κ1) is 38.5. The van der Waals surface area contributed by atoms with Gasteiger partial charge in [-0.25, -0.2) is 16.8 Å². The Morgan fingerprint density at radius 1 is 0.625 bits per heavy atom. The van der Waals surface area contributed by atoms with Crippen molar-refractivity contribution in [3.63, 3.8) is 0 Å². The molecule has 0 saturated carbocycles. The molecule has 0 aliphatic rings. The molecule has 0 heterocycles. The standard InChI is InChI=1S/C34H44N2O10S2/c1-7-23(3)31(33(37)38)35(47(41,42)29-17-13-27(45-5)14-18-29)21-25-11-9-10-12-26(25)22-36(32(34(39)40)24(4)8-2)48(43,44)30-19-15-28(46-6)16-20-30/h9-20,23-24,31-32H,7-8,21-22H2,1-6H3,(H,37,38)(H,39,40)/t23-,24-,31-,32-/m0/s1. The molecule has 2 N–H and O–H groups in total. The van der Waals surface area contributed by atoms with E-state index >= 15 is 0 Å². The van der Waals surface area contributed by atoms with Gasteiger partial charge in [-0.05, 0) is 71.5 Å². The van der Waals surface area contributed by atoms with Crippen LogP contribution < -0.4 is 9.47 Å². The lowest BCUT2D eigenvalue weighted by molar-refractivity contribution is -0.144. The van der Waals surface area contributed by atoms with Gasteiger partial charge in [-0.2, -0.15) is 8.61 Å². The van der Waals surface area contributed by atoms with Crippen LogP contribution in [0.15, 0.2) is 82.6 Å². The van der Waals surface area contributed by atoms with Gasteiger partial charge in [0.05, 0.1) is 24.0 Å². The van der Waals surface area contributed by atoms with E-state index < -0.39 is 69.0 Å². The highest BCUT2D eigenvalue weighted by Gasteiger charge is 2.41. The van der Waals surface area contributed by atoms with E-state index in [4.69, 9.17) is 9.47 Å². The number of nitrogens with zero attached hydrogens (tertiary/aromatic N) is 2. The zero-order chi connectivity index (χ0) is 35.8. The Bertz CT molecular complexity index is 1630. The Labute approximate surface area is 283 Å². The Hall–Kier alpha value is -3.98. The molecule has 48 heavy (non-hydrogen) atoms. The van der Waals surface area contributed by atoms with Crippen LogP contribution in [0.2, 0.25) is 0 Å². The van der Waals surface area contributed by atoms with E-state index in [-0.39, 0.29) is 9.79 Å². The molecule has 0 saturated heterocycles. The summed E-state index contributed by atoms with van der Waals surface area (Å²) < 4.78 is 68.9. The molecule has 0 fully saturated rings. The fourth-order valence-corrected chi connectivity index (χ4v) is 8.69. The van der Waals surface area contributed by atoms with Gasteiger partial charge in [0.15, 0.2) is 0 Å². The van der Waals surface area contributed by atoms with E-state index in [1.54, 1.807) is 52.0 Å². The van der Waals surface area contributed by atoms with Crippen LogP contribution in [0, 0.1) is 11.8 Å². The van der Waals surface area contributed by atoms with Crippen molar-refractivity contribution in [3.8, 4) is 11.5 Å². The second-order valence-electron chi connectivity index (χ2n) is 11.6. The Kier molecular flexibility index (Phi) is 13.2. The van der Waals surface area contributed by atoms with E-state index in [0.29, 0.717) is 35.5 Å². The molecule has 0 amide bonds. The zero-order valence-corrected chi connectivity index (χ0v) is 29.6. The van der Waals surface area contributed by atoms with E-state index in [1.165, 1.54) is 62.8 Å². The summed E-state index contributed by atoms with van der Waals surface area (Å²) in [4.78, 5) is 25.1. The maximum absolute atomic E-state index is 14.2. The van der Waals surface area contributed by atoms with Gasteiger partial charge in [0.25, 0.3) is 0 Å². The van der Waals surface area contributed by atoms with Crippen molar-refractivity contribution in [1.82, 2.24) is 8.61 Å². The number of carbonyl (C=O) groups is 2. The van der Waals surface area contributed by atoms with E-state index in [2.05, 4.69) is 0 Å². The summed E-state index contributed by atoms with van der Waals surface area (Å²) in [5.41, 5.74) is 0.625. The number of ether oxygens (including phenoxy) is 2. The molecular weight excluding hydrogens is 661 g/mol. The van der Waals surface area contributed by atoms with Crippen molar-refractivity contribution < 1.29 is 46.1 Å². The van der Waals surface area contributed by atoms with Gasteiger partial charge < -0.3 is 19.7 Å². The van der Waals surface area contributed by atoms with E-state index in [1.807, 2.05) is 0 Å². The van der Waals surface area contributed by atoms with Crippen molar-refractivity contribution in [2.75, 3.05) is 14.2 Å². The topological polar surface area (TPSA) is 168 Å². The quantitative estimate of drug-likeness (QED) is 0.182. The average molecular weight is 705 g/mol. The lowest BCUT2D eigenvalue weighted by atomic mass is 9.97. The van der Waals surface area contributed by atoms with Gasteiger partial charge in [-0.1, -0.05) is 64.8 Å². The molecule has 0 unspecified atom stereocenters. The van der Waals surface area contributed by atoms with Crippen LogP contribution in [0.1, 0.15) is 51.7 Å². The third-order valence-corrected chi connectivity index (χ3v) is 12.3. The van der Waals surface area contributed by atoms with Crippen molar-refractivity contribution in [2.45, 2.75) is 75.5 Å². The lowest BCUT2D eigenvalue weighted by Gasteiger charge is -2.34. The maximum atomic E-state index is 14.2. The Morgan fingerprint density at radius 3 is 1.19 bits per heavy atom. The SMILES string of the molecule is CC[C@H](C)[C@@H](C(=O)O)N(Cc1ccccc1CN([C@H](C(=O)O)[C@@H](C)CC)S(=O)(=O)c1ccc(OC)cc1)S(=O)(=O)c1ccc(OC)cc1. The molecule has 3 aromatic carbocycles. The Morgan fingerprint density at radius 2 is 0.938 bits per heavy atom. The number of benzene rings is 3. The summed E-state index contributed by atoms with van der Waals surface area (Å²) in [6.07, 6.45) is 0.715.